The predicted octanol–water partition coefficient (Wildman–Crippen LogP) is 3.86. The molecule has 2 aliphatic rings. The minimum atomic E-state index is -1.36. The van der Waals surface area contributed by atoms with Crippen molar-refractivity contribution >= 4 is 50.3 Å². The molecule has 0 amide bonds. The van der Waals surface area contributed by atoms with Crippen LogP contribution in [0.5, 0.6) is 0 Å². The van der Waals surface area contributed by atoms with Crippen molar-refractivity contribution in [2.75, 3.05) is 51.1 Å². The molecule has 0 aliphatic carbocycles. The standard InChI is InChI=1S/C30H29F2N7O4/c1-33-20-7-19(31)24(32)22-23-26(39-5-4-14-10-37(2)12-21(14)39)17(9-34-28(23)36-25(20)22)15-6-16-27(40)18(30(41)42)11-38(13-43-3)29(16)35-8-15/h6-9,11,14,21,33H,4-5,10,12-13H2,1-3H3,(H,34,36)(H,41,42)/t14-,21+/m0/s1. The number of likely N-dealkylation sites (tertiary alicyclic amines) is 1. The summed E-state index contributed by atoms with van der Waals surface area (Å²) in [5.74, 6) is -2.93. The van der Waals surface area contributed by atoms with Crippen molar-refractivity contribution in [3.05, 3.63) is 58.1 Å². The highest BCUT2D eigenvalue weighted by Gasteiger charge is 2.42. The number of nitrogens with zero attached hydrogens (tertiary/aromatic N) is 5. The van der Waals surface area contributed by atoms with Crippen molar-refractivity contribution in [2.45, 2.75) is 19.2 Å². The van der Waals surface area contributed by atoms with Crippen LogP contribution in [0.3, 0.4) is 0 Å². The maximum atomic E-state index is 15.7. The van der Waals surface area contributed by atoms with Gasteiger partial charge in [0.2, 0.25) is 5.43 Å². The number of likely N-dealkylation sites (N-methyl/N-ethyl adjacent to an activating group) is 1. The summed E-state index contributed by atoms with van der Waals surface area (Å²) in [5.41, 5.74) is 2.08. The molecular weight excluding hydrogens is 560 g/mol. The summed E-state index contributed by atoms with van der Waals surface area (Å²) in [7, 11) is 5.16. The number of aromatic nitrogens is 4. The first kappa shape index (κ1) is 27.2. The first-order chi connectivity index (χ1) is 20.7. The van der Waals surface area contributed by atoms with E-state index in [9.17, 15) is 19.1 Å². The molecule has 0 unspecified atom stereocenters. The Balaban J connectivity index is 1.56. The lowest BCUT2D eigenvalue weighted by atomic mass is 9.99. The van der Waals surface area contributed by atoms with Gasteiger partial charge in [0.25, 0.3) is 0 Å². The van der Waals surface area contributed by atoms with Crippen molar-refractivity contribution in [3.8, 4) is 11.1 Å². The summed E-state index contributed by atoms with van der Waals surface area (Å²) in [6.45, 7) is 2.41. The third-order valence-corrected chi connectivity index (χ3v) is 8.77. The second kappa shape index (κ2) is 9.99. The van der Waals surface area contributed by atoms with Crippen molar-refractivity contribution in [1.82, 2.24) is 24.4 Å². The van der Waals surface area contributed by atoms with Crippen LogP contribution in [0, 0.1) is 17.6 Å². The molecule has 5 aromatic rings. The summed E-state index contributed by atoms with van der Waals surface area (Å²) in [5, 5.41) is 13.3. The molecule has 0 bridgehead atoms. The van der Waals surface area contributed by atoms with Crippen LogP contribution in [-0.2, 0) is 11.5 Å². The first-order valence-electron chi connectivity index (χ1n) is 13.9. The van der Waals surface area contributed by atoms with Crippen LogP contribution in [0.25, 0.3) is 44.1 Å². The summed E-state index contributed by atoms with van der Waals surface area (Å²) >= 11 is 0. The average Bonchev–Trinajstić information content (AvgIpc) is 3.68. The highest BCUT2D eigenvalue weighted by Crippen LogP contribution is 2.46. The van der Waals surface area contributed by atoms with Gasteiger partial charge in [-0.1, -0.05) is 0 Å². The second-order valence-corrected chi connectivity index (χ2v) is 11.3. The lowest BCUT2D eigenvalue weighted by Gasteiger charge is -2.29. The van der Waals surface area contributed by atoms with Crippen molar-refractivity contribution < 1.29 is 23.4 Å². The van der Waals surface area contributed by atoms with Gasteiger partial charge in [0.05, 0.1) is 33.1 Å². The molecule has 11 nitrogen and oxygen atoms in total. The topological polar surface area (TPSA) is 129 Å². The molecule has 0 saturated carbocycles. The molecule has 2 saturated heterocycles. The normalized spacial score (nSPS) is 18.8. The number of halogens is 2. The monoisotopic (exact) mass is 589 g/mol. The van der Waals surface area contributed by atoms with Crippen LogP contribution < -0.4 is 15.6 Å². The van der Waals surface area contributed by atoms with E-state index in [4.69, 9.17) is 4.74 Å². The smallest absolute Gasteiger partial charge is 0.341 e. The number of carboxylic acids is 1. The molecule has 2 fully saturated rings. The van der Waals surface area contributed by atoms with E-state index in [-0.39, 0.29) is 29.2 Å². The Morgan fingerprint density at radius 3 is 2.77 bits per heavy atom. The zero-order valence-electron chi connectivity index (χ0n) is 23.7. The third kappa shape index (κ3) is 4.06. The van der Waals surface area contributed by atoms with E-state index in [1.54, 1.807) is 25.5 Å². The van der Waals surface area contributed by atoms with E-state index in [1.807, 2.05) is 0 Å². The molecule has 6 heterocycles. The quantitative estimate of drug-likeness (QED) is 0.271. The van der Waals surface area contributed by atoms with Gasteiger partial charge in [0.1, 0.15) is 23.6 Å². The van der Waals surface area contributed by atoms with E-state index < -0.39 is 28.6 Å². The van der Waals surface area contributed by atoms with E-state index in [2.05, 4.69) is 37.1 Å². The number of aromatic amines is 1. The van der Waals surface area contributed by atoms with Gasteiger partial charge in [-0.2, -0.15) is 0 Å². The maximum Gasteiger partial charge on any atom is 0.341 e. The fraction of sp³-hybridized carbons (Fsp3) is 0.333. The number of aromatic carboxylic acids is 1. The number of ether oxygens (including phenoxy) is 1. The van der Waals surface area contributed by atoms with Gasteiger partial charge in [0.15, 0.2) is 11.6 Å². The number of nitrogens with one attached hydrogen (secondary N) is 2. The summed E-state index contributed by atoms with van der Waals surface area (Å²) < 4.78 is 37.3. The lowest BCUT2D eigenvalue weighted by Crippen LogP contribution is -2.35. The van der Waals surface area contributed by atoms with Crippen molar-refractivity contribution in [3.63, 3.8) is 0 Å². The molecule has 43 heavy (non-hydrogen) atoms. The number of pyridine rings is 3. The lowest BCUT2D eigenvalue weighted by molar-refractivity contribution is 0.0693. The van der Waals surface area contributed by atoms with Crippen LogP contribution in [0.1, 0.15) is 16.8 Å². The van der Waals surface area contributed by atoms with E-state index in [1.165, 1.54) is 17.9 Å². The highest BCUT2D eigenvalue weighted by atomic mass is 19.2. The van der Waals surface area contributed by atoms with Crippen LogP contribution in [0.2, 0.25) is 0 Å². The van der Waals surface area contributed by atoms with Crippen molar-refractivity contribution in [2.24, 2.45) is 5.92 Å². The van der Waals surface area contributed by atoms with E-state index >= 15 is 4.39 Å². The molecule has 2 atom stereocenters. The maximum absolute atomic E-state index is 15.7. The van der Waals surface area contributed by atoms with Gasteiger partial charge >= 0.3 is 5.97 Å². The van der Waals surface area contributed by atoms with Gasteiger partial charge in [-0.05, 0) is 25.5 Å². The number of benzene rings is 1. The Kier molecular flexibility index (Phi) is 6.32. The SMILES string of the molecule is CNc1cc(F)c(F)c2c1[nH]c1ncc(-c3cnc4c(c3)c(=O)c(C(=O)O)cn4COC)c(N3CC[C@H]4CN(C)C[C@H]43)c12. The van der Waals surface area contributed by atoms with Crippen LogP contribution in [0.15, 0.2) is 35.5 Å². The molecule has 7 rings (SSSR count). The fourth-order valence-corrected chi connectivity index (χ4v) is 6.91. The summed E-state index contributed by atoms with van der Waals surface area (Å²) in [6.07, 6.45) is 5.37. The molecule has 0 spiro atoms. The van der Waals surface area contributed by atoms with E-state index in [0.29, 0.717) is 51.5 Å². The third-order valence-electron chi connectivity index (χ3n) is 8.77. The number of rotatable bonds is 6. The Hall–Kier alpha value is -4.62. The van der Waals surface area contributed by atoms with E-state index in [0.717, 1.165) is 25.6 Å². The molecule has 1 aromatic carbocycles. The van der Waals surface area contributed by atoms with Crippen LogP contribution in [0.4, 0.5) is 20.2 Å². The van der Waals surface area contributed by atoms with Crippen LogP contribution >= 0.6 is 0 Å². The second-order valence-electron chi connectivity index (χ2n) is 11.3. The zero-order valence-corrected chi connectivity index (χ0v) is 23.7. The van der Waals surface area contributed by atoms with Crippen molar-refractivity contribution in [1.29, 1.82) is 0 Å². The highest BCUT2D eigenvalue weighted by molar-refractivity contribution is 6.18. The van der Waals surface area contributed by atoms with Gasteiger partial charge in [-0.3, -0.25) is 4.79 Å². The zero-order chi connectivity index (χ0) is 30.2. The van der Waals surface area contributed by atoms with Gasteiger partial charge in [-0.25, -0.2) is 23.5 Å². The van der Waals surface area contributed by atoms with Gasteiger partial charge < -0.3 is 34.5 Å². The molecule has 13 heteroatoms. The summed E-state index contributed by atoms with van der Waals surface area (Å²) in [6, 6.07) is 2.84. The summed E-state index contributed by atoms with van der Waals surface area (Å²) in [4.78, 5) is 42.1. The number of carbonyl (C=O) groups is 1. The first-order valence-corrected chi connectivity index (χ1v) is 13.9. The molecular formula is C30H29F2N7O4. The van der Waals surface area contributed by atoms with Crippen LogP contribution in [-0.4, -0.2) is 82.4 Å². The largest absolute Gasteiger partial charge is 0.477 e. The minimum Gasteiger partial charge on any atom is -0.477 e. The molecule has 4 aromatic heterocycles. The number of H-pyrrole nitrogens is 1. The molecule has 222 valence electrons. The number of methoxy groups -OCH3 is 1. The minimum absolute atomic E-state index is 0.0134. The Bertz CT molecular complexity index is 2020. The number of carboxylic acid groups (broad SMARTS) is 1. The molecule has 2 aliphatic heterocycles. The van der Waals surface area contributed by atoms with Gasteiger partial charge in [0, 0.05) is 75.6 Å². The molecule has 3 N–H and O–H groups in total. The van der Waals surface area contributed by atoms with Gasteiger partial charge in [-0.15, -0.1) is 0 Å². The Morgan fingerprint density at radius 1 is 1.21 bits per heavy atom. The number of hydrogen-bond donors (Lipinski definition) is 3. The predicted molar refractivity (Wildman–Crippen MR) is 159 cm³/mol. The number of anilines is 2. The molecule has 0 radical (unpaired) electrons. The fourth-order valence-electron chi connectivity index (χ4n) is 6.91. The average molecular weight is 590 g/mol. The number of fused-ring (bicyclic) bond motifs is 5. The Morgan fingerprint density at radius 2 is 2.02 bits per heavy atom. The number of hydrogen-bond acceptors (Lipinski definition) is 8. The Labute approximate surface area is 243 Å².